The van der Waals surface area contributed by atoms with Crippen LogP contribution in [-0.2, 0) is 0 Å². The quantitative estimate of drug-likeness (QED) is 0.611. The van der Waals surface area contributed by atoms with Gasteiger partial charge in [0.1, 0.15) is 0 Å². The van der Waals surface area contributed by atoms with E-state index in [9.17, 15) is 0 Å². The molecule has 4 nitrogen and oxygen atoms in total. The van der Waals surface area contributed by atoms with Gasteiger partial charge < -0.3 is 16.0 Å². The molecule has 0 aliphatic rings. The van der Waals surface area contributed by atoms with Crippen molar-refractivity contribution >= 4 is 0 Å². The van der Waals surface area contributed by atoms with E-state index in [0.29, 0.717) is 6.42 Å². The van der Waals surface area contributed by atoms with Crippen molar-refractivity contribution in [3.8, 4) is 6.07 Å². The van der Waals surface area contributed by atoms with Gasteiger partial charge in [0.15, 0.2) is 0 Å². The molecule has 0 amide bonds. The van der Waals surface area contributed by atoms with Crippen LogP contribution >= 0.6 is 0 Å². The van der Waals surface area contributed by atoms with Crippen molar-refractivity contribution in [1.82, 2.24) is 16.0 Å². The Bertz CT molecular complexity index is 283. The maximum atomic E-state index is 8.57. The first-order valence-corrected chi connectivity index (χ1v) is 4.98. The number of hydrogen-bond acceptors (Lipinski definition) is 4. The van der Waals surface area contributed by atoms with Crippen molar-refractivity contribution < 1.29 is 0 Å². The van der Waals surface area contributed by atoms with Crippen LogP contribution in [0, 0.1) is 11.3 Å². The van der Waals surface area contributed by atoms with Gasteiger partial charge in [-0.05, 0) is 6.92 Å². The SMILES string of the molecule is CNC(C)=C(C/C=C(\CC#N)NC)NC. The van der Waals surface area contributed by atoms with Crippen LogP contribution in [-0.4, -0.2) is 21.1 Å². The van der Waals surface area contributed by atoms with Crippen LogP contribution in [0.5, 0.6) is 0 Å². The van der Waals surface area contributed by atoms with Gasteiger partial charge in [-0.3, -0.25) is 0 Å². The third-order valence-corrected chi connectivity index (χ3v) is 2.27. The summed E-state index contributed by atoms with van der Waals surface area (Å²) in [6, 6.07) is 2.12. The van der Waals surface area contributed by atoms with Crippen molar-refractivity contribution in [3.05, 3.63) is 23.2 Å². The summed E-state index contributed by atoms with van der Waals surface area (Å²) in [5.41, 5.74) is 3.19. The molecular formula is C11H20N4. The number of nitrogens with zero attached hydrogens (tertiary/aromatic N) is 1. The lowest BCUT2D eigenvalue weighted by Gasteiger charge is -2.10. The fourth-order valence-corrected chi connectivity index (χ4v) is 1.17. The zero-order chi connectivity index (χ0) is 11.7. The van der Waals surface area contributed by atoms with Crippen LogP contribution in [0.1, 0.15) is 19.8 Å². The summed E-state index contributed by atoms with van der Waals surface area (Å²) in [6.07, 6.45) is 3.24. The zero-order valence-corrected chi connectivity index (χ0v) is 9.94. The molecule has 0 bridgehead atoms. The first-order chi connectivity index (χ1) is 7.19. The van der Waals surface area contributed by atoms with E-state index in [1.165, 1.54) is 0 Å². The van der Waals surface area contributed by atoms with Crippen LogP contribution in [0.15, 0.2) is 23.2 Å². The zero-order valence-electron chi connectivity index (χ0n) is 9.94. The number of nitriles is 1. The maximum absolute atomic E-state index is 8.57. The molecule has 0 atom stereocenters. The predicted octanol–water partition coefficient (Wildman–Crippen LogP) is 1.06. The Balaban J connectivity index is 4.51. The Kier molecular flexibility index (Phi) is 6.90. The van der Waals surface area contributed by atoms with E-state index in [4.69, 9.17) is 5.26 Å². The Morgan fingerprint density at radius 3 is 2.27 bits per heavy atom. The summed E-state index contributed by atoms with van der Waals surface area (Å²) in [7, 11) is 5.62. The molecule has 0 unspecified atom stereocenters. The van der Waals surface area contributed by atoms with Gasteiger partial charge in [-0.2, -0.15) is 5.26 Å². The lowest BCUT2D eigenvalue weighted by molar-refractivity contribution is 0.836. The molecule has 0 aliphatic heterocycles. The summed E-state index contributed by atoms with van der Waals surface area (Å²) in [5, 5.41) is 17.8. The third kappa shape index (κ3) is 4.96. The summed E-state index contributed by atoms with van der Waals surface area (Å²) >= 11 is 0. The first-order valence-electron chi connectivity index (χ1n) is 4.98. The highest BCUT2D eigenvalue weighted by Crippen LogP contribution is 2.06. The van der Waals surface area contributed by atoms with Gasteiger partial charge in [0.2, 0.25) is 0 Å². The first kappa shape index (κ1) is 13.4. The number of nitrogens with one attached hydrogen (secondary N) is 3. The highest BCUT2D eigenvalue weighted by molar-refractivity contribution is 5.15. The lowest BCUT2D eigenvalue weighted by atomic mass is 10.2. The van der Waals surface area contributed by atoms with Crippen molar-refractivity contribution in [2.75, 3.05) is 21.1 Å². The van der Waals surface area contributed by atoms with Crippen LogP contribution in [0.2, 0.25) is 0 Å². The van der Waals surface area contributed by atoms with Crippen LogP contribution < -0.4 is 16.0 Å². The second-order valence-electron chi connectivity index (χ2n) is 3.12. The predicted molar refractivity (Wildman–Crippen MR) is 62.8 cm³/mol. The normalized spacial score (nSPS) is 12.6. The van der Waals surface area contributed by atoms with Crippen LogP contribution in [0.4, 0.5) is 0 Å². The van der Waals surface area contributed by atoms with Crippen molar-refractivity contribution in [3.63, 3.8) is 0 Å². The molecule has 0 saturated carbocycles. The lowest BCUT2D eigenvalue weighted by Crippen LogP contribution is -2.15. The van der Waals surface area contributed by atoms with Gasteiger partial charge in [0, 0.05) is 44.7 Å². The molecule has 0 fully saturated rings. The average molecular weight is 208 g/mol. The summed E-state index contributed by atoms with van der Waals surface area (Å²) in [5.74, 6) is 0. The van der Waals surface area contributed by atoms with Gasteiger partial charge in [-0.1, -0.05) is 6.08 Å². The molecule has 0 aromatic carbocycles. The molecule has 3 N–H and O–H groups in total. The van der Waals surface area contributed by atoms with Gasteiger partial charge >= 0.3 is 0 Å². The van der Waals surface area contributed by atoms with Gasteiger partial charge in [-0.15, -0.1) is 0 Å². The van der Waals surface area contributed by atoms with E-state index in [0.717, 1.165) is 23.5 Å². The monoisotopic (exact) mass is 208 g/mol. The van der Waals surface area contributed by atoms with Crippen molar-refractivity contribution in [2.24, 2.45) is 0 Å². The summed E-state index contributed by atoms with van der Waals surface area (Å²) in [4.78, 5) is 0. The van der Waals surface area contributed by atoms with Gasteiger partial charge in [0.25, 0.3) is 0 Å². The molecule has 0 rings (SSSR count). The third-order valence-electron chi connectivity index (χ3n) is 2.27. The fraction of sp³-hybridized carbons (Fsp3) is 0.545. The average Bonchev–Trinajstić information content (AvgIpc) is 2.27. The number of allylic oxidation sites excluding steroid dienone is 3. The topological polar surface area (TPSA) is 59.9 Å². The molecule has 0 spiro atoms. The second-order valence-corrected chi connectivity index (χ2v) is 3.12. The van der Waals surface area contributed by atoms with Crippen LogP contribution in [0.25, 0.3) is 0 Å². The molecule has 15 heavy (non-hydrogen) atoms. The maximum Gasteiger partial charge on any atom is 0.0745 e. The molecule has 84 valence electrons. The molecule has 0 aliphatic carbocycles. The Hall–Kier alpha value is -1.63. The Morgan fingerprint density at radius 1 is 1.20 bits per heavy atom. The number of rotatable bonds is 6. The highest BCUT2D eigenvalue weighted by Gasteiger charge is 1.98. The standard InChI is InChI=1S/C11H20N4/c1-9(13-2)11(15-4)6-5-10(14-3)7-8-12/h5,13-15H,6-7H2,1-4H3/b10-5+,11-9?. The van der Waals surface area contributed by atoms with E-state index in [1.54, 1.807) is 0 Å². The minimum absolute atomic E-state index is 0.423. The van der Waals surface area contributed by atoms with E-state index >= 15 is 0 Å². The molecule has 0 aromatic rings. The molecular weight excluding hydrogens is 188 g/mol. The van der Waals surface area contributed by atoms with Crippen molar-refractivity contribution in [1.29, 1.82) is 5.26 Å². The Labute approximate surface area is 92.1 Å². The summed E-state index contributed by atoms with van der Waals surface area (Å²) < 4.78 is 0. The highest BCUT2D eigenvalue weighted by atomic mass is 14.9. The van der Waals surface area contributed by atoms with Gasteiger partial charge in [-0.25, -0.2) is 0 Å². The molecule has 0 saturated heterocycles. The summed E-state index contributed by atoms with van der Waals surface area (Å²) in [6.45, 7) is 2.02. The number of hydrogen-bond donors (Lipinski definition) is 3. The minimum Gasteiger partial charge on any atom is -0.391 e. The Morgan fingerprint density at radius 2 is 1.87 bits per heavy atom. The van der Waals surface area contributed by atoms with E-state index < -0.39 is 0 Å². The second kappa shape index (κ2) is 7.74. The van der Waals surface area contributed by atoms with E-state index in [1.807, 2.05) is 34.1 Å². The smallest absolute Gasteiger partial charge is 0.0745 e. The van der Waals surface area contributed by atoms with Crippen LogP contribution in [0.3, 0.4) is 0 Å². The van der Waals surface area contributed by atoms with Crippen molar-refractivity contribution in [2.45, 2.75) is 19.8 Å². The minimum atomic E-state index is 0.423. The van der Waals surface area contributed by atoms with E-state index in [-0.39, 0.29) is 0 Å². The largest absolute Gasteiger partial charge is 0.391 e. The van der Waals surface area contributed by atoms with Gasteiger partial charge in [0.05, 0.1) is 12.5 Å². The molecule has 4 heteroatoms. The molecule has 0 heterocycles. The molecule has 0 aromatic heterocycles. The molecule has 0 radical (unpaired) electrons. The fourth-order valence-electron chi connectivity index (χ4n) is 1.17. The van der Waals surface area contributed by atoms with E-state index in [2.05, 4.69) is 22.0 Å².